The molecule has 0 aliphatic heterocycles. The molecule has 9 atom stereocenters. The van der Waals surface area contributed by atoms with E-state index in [1.165, 1.54) is 31.3 Å². The Balaban J connectivity index is 1.56. The van der Waals surface area contributed by atoms with E-state index in [1.807, 2.05) is 0 Å². The van der Waals surface area contributed by atoms with Crippen molar-refractivity contribution in [2.24, 2.45) is 52.3 Å². The molecule has 0 spiro atoms. The predicted molar refractivity (Wildman–Crippen MR) is 123 cm³/mol. The van der Waals surface area contributed by atoms with Crippen molar-refractivity contribution in [1.82, 2.24) is 0 Å². The Morgan fingerprint density at radius 2 is 1.72 bits per heavy atom. The van der Waals surface area contributed by atoms with Crippen LogP contribution in [0.4, 0.5) is 0 Å². The van der Waals surface area contributed by atoms with Crippen molar-refractivity contribution in [2.45, 2.75) is 86.2 Å². The van der Waals surface area contributed by atoms with Crippen molar-refractivity contribution in [3.05, 3.63) is 36.0 Å². The van der Waals surface area contributed by atoms with E-state index in [0.717, 1.165) is 42.4 Å². The molecule has 1 nitrogen and oxygen atoms in total. The van der Waals surface area contributed by atoms with Crippen molar-refractivity contribution in [3.63, 3.8) is 0 Å². The van der Waals surface area contributed by atoms with Crippen LogP contribution in [0.1, 0.15) is 80.1 Å². The standard InChI is InChI=1S/C28H44O/c1-18(2)19(3)7-8-20(4)24-11-12-25-23-10-9-21-17-22(29)13-15-27(21,5)26(23)14-16-28(24,25)6/h7-10,17-20,22-26,29H,11-16H2,1-6H3/b8-7+/t19-,20+,22?,23-,24+,25-,26-,27-,28+/m0/s1. The van der Waals surface area contributed by atoms with Crippen molar-refractivity contribution in [1.29, 1.82) is 0 Å². The lowest BCUT2D eigenvalue weighted by molar-refractivity contribution is -0.0254. The molecule has 2 fully saturated rings. The van der Waals surface area contributed by atoms with Crippen LogP contribution in [0.15, 0.2) is 36.0 Å². The third kappa shape index (κ3) is 3.50. The highest BCUT2D eigenvalue weighted by molar-refractivity contribution is 5.36. The first-order valence-corrected chi connectivity index (χ1v) is 12.4. The molecule has 0 aromatic heterocycles. The average molecular weight is 397 g/mol. The van der Waals surface area contributed by atoms with Gasteiger partial charge in [-0.1, -0.05) is 71.9 Å². The second kappa shape index (κ2) is 7.70. The molecule has 0 aromatic rings. The fourth-order valence-corrected chi connectivity index (χ4v) is 7.75. The van der Waals surface area contributed by atoms with Crippen LogP contribution >= 0.6 is 0 Å². The maximum Gasteiger partial charge on any atom is 0.0727 e. The van der Waals surface area contributed by atoms with E-state index in [1.54, 1.807) is 0 Å². The molecule has 4 rings (SSSR count). The summed E-state index contributed by atoms with van der Waals surface area (Å²) in [7, 11) is 0. The van der Waals surface area contributed by atoms with E-state index in [2.05, 4.69) is 71.9 Å². The van der Waals surface area contributed by atoms with E-state index >= 15 is 0 Å². The van der Waals surface area contributed by atoms with Crippen LogP contribution in [-0.2, 0) is 0 Å². The minimum absolute atomic E-state index is 0.232. The van der Waals surface area contributed by atoms with E-state index in [-0.39, 0.29) is 11.5 Å². The molecule has 1 N–H and O–H groups in total. The van der Waals surface area contributed by atoms with Gasteiger partial charge in [0, 0.05) is 0 Å². The summed E-state index contributed by atoms with van der Waals surface area (Å²) in [4.78, 5) is 0. The zero-order chi connectivity index (χ0) is 21.0. The molecule has 29 heavy (non-hydrogen) atoms. The largest absolute Gasteiger partial charge is 0.389 e. The van der Waals surface area contributed by atoms with Crippen LogP contribution in [0, 0.1) is 52.3 Å². The topological polar surface area (TPSA) is 20.2 Å². The van der Waals surface area contributed by atoms with Gasteiger partial charge in [-0.3, -0.25) is 0 Å². The number of aliphatic hydroxyl groups is 1. The Kier molecular flexibility index (Phi) is 5.69. The first-order valence-electron chi connectivity index (χ1n) is 12.4. The predicted octanol–water partition coefficient (Wildman–Crippen LogP) is 7.19. The minimum atomic E-state index is -0.232. The fourth-order valence-electron chi connectivity index (χ4n) is 7.75. The smallest absolute Gasteiger partial charge is 0.0727 e. The first-order chi connectivity index (χ1) is 13.7. The highest BCUT2D eigenvalue weighted by atomic mass is 16.3. The molecule has 0 saturated heterocycles. The van der Waals surface area contributed by atoms with Gasteiger partial charge in [0.05, 0.1) is 6.10 Å². The molecular formula is C28H44O. The summed E-state index contributed by atoms with van der Waals surface area (Å²) >= 11 is 0. The van der Waals surface area contributed by atoms with Gasteiger partial charge in [0.1, 0.15) is 0 Å². The third-order valence-corrected chi connectivity index (χ3v) is 10.1. The van der Waals surface area contributed by atoms with Crippen LogP contribution in [0.2, 0.25) is 0 Å². The molecule has 4 aliphatic rings. The lowest BCUT2D eigenvalue weighted by Crippen LogP contribution is -2.49. The number of fused-ring (bicyclic) bond motifs is 5. The molecule has 0 aromatic carbocycles. The van der Waals surface area contributed by atoms with Gasteiger partial charge in [-0.15, -0.1) is 0 Å². The maximum absolute atomic E-state index is 10.2. The van der Waals surface area contributed by atoms with Gasteiger partial charge in [0.25, 0.3) is 0 Å². The lowest BCUT2D eigenvalue weighted by Gasteiger charge is -2.56. The molecule has 0 bridgehead atoms. The zero-order valence-corrected chi connectivity index (χ0v) is 19.7. The van der Waals surface area contributed by atoms with Crippen molar-refractivity contribution < 1.29 is 5.11 Å². The lowest BCUT2D eigenvalue weighted by atomic mass is 9.48. The second-order valence-electron chi connectivity index (χ2n) is 11.9. The van der Waals surface area contributed by atoms with Crippen LogP contribution in [0.25, 0.3) is 0 Å². The summed E-state index contributed by atoms with van der Waals surface area (Å²) in [5.74, 6) is 5.26. The molecule has 162 valence electrons. The number of hydrogen-bond acceptors (Lipinski definition) is 1. The van der Waals surface area contributed by atoms with Crippen molar-refractivity contribution in [2.75, 3.05) is 0 Å². The van der Waals surface area contributed by atoms with Gasteiger partial charge in [-0.05, 0) is 96.4 Å². The monoisotopic (exact) mass is 396 g/mol. The maximum atomic E-state index is 10.2. The van der Waals surface area contributed by atoms with Crippen molar-refractivity contribution in [3.8, 4) is 0 Å². The second-order valence-corrected chi connectivity index (χ2v) is 11.9. The minimum Gasteiger partial charge on any atom is -0.389 e. The Labute approximate surface area is 179 Å². The van der Waals surface area contributed by atoms with Crippen LogP contribution in [-0.4, -0.2) is 11.2 Å². The van der Waals surface area contributed by atoms with Gasteiger partial charge < -0.3 is 5.11 Å². The van der Waals surface area contributed by atoms with E-state index in [0.29, 0.717) is 17.3 Å². The molecular weight excluding hydrogens is 352 g/mol. The summed E-state index contributed by atoms with van der Waals surface area (Å²) in [6.45, 7) is 14.6. The average Bonchev–Trinajstić information content (AvgIpc) is 3.03. The first kappa shape index (κ1) is 21.4. The zero-order valence-electron chi connectivity index (χ0n) is 19.7. The number of allylic oxidation sites excluding steroid dienone is 5. The number of rotatable bonds is 4. The molecule has 1 unspecified atom stereocenters. The normalized spacial score (nSPS) is 46.2. The fraction of sp³-hybridized carbons (Fsp3) is 0.786. The van der Waals surface area contributed by atoms with Gasteiger partial charge in [-0.2, -0.15) is 0 Å². The molecule has 4 aliphatic carbocycles. The molecule has 2 saturated carbocycles. The highest BCUT2D eigenvalue weighted by Gasteiger charge is 2.58. The van der Waals surface area contributed by atoms with E-state index < -0.39 is 0 Å². The molecule has 0 amide bonds. The Bertz CT molecular complexity index is 699. The molecule has 0 radical (unpaired) electrons. The number of aliphatic hydroxyl groups excluding tert-OH is 1. The summed E-state index contributed by atoms with van der Waals surface area (Å²) in [5.41, 5.74) is 2.20. The Morgan fingerprint density at radius 3 is 2.45 bits per heavy atom. The van der Waals surface area contributed by atoms with Gasteiger partial charge >= 0.3 is 0 Å². The van der Waals surface area contributed by atoms with Crippen LogP contribution in [0.3, 0.4) is 0 Å². The third-order valence-electron chi connectivity index (χ3n) is 10.1. The molecule has 1 heteroatoms. The summed E-state index contributed by atoms with van der Waals surface area (Å²) in [6, 6.07) is 0. The molecule has 0 heterocycles. The Hall–Kier alpha value is -0.820. The summed E-state index contributed by atoms with van der Waals surface area (Å²) in [6.07, 6.45) is 19.6. The van der Waals surface area contributed by atoms with Gasteiger partial charge in [0.15, 0.2) is 0 Å². The SMILES string of the molecule is CC(C)[C@@H](C)/C=C/[C@@H](C)[C@H]1CC[C@H]2[C@@H]3C=CC4=CC(O)CC[C@]4(C)[C@H]3CC[C@]12C. The summed E-state index contributed by atoms with van der Waals surface area (Å²) in [5, 5.41) is 10.2. The quantitative estimate of drug-likeness (QED) is 0.499. The van der Waals surface area contributed by atoms with E-state index in [4.69, 9.17) is 0 Å². The van der Waals surface area contributed by atoms with Crippen LogP contribution in [0.5, 0.6) is 0 Å². The number of hydrogen-bond donors (Lipinski definition) is 1. The van der Waals surface area contributed by atoms with E-state index in [9.17, 15) is 5.11 Å². The van der Waals surface area contributed by atoms with Crippen molar-refractivity contribution >= 4 is 0 Å². The van der Waals surface area contributed by atoms with Crippen LogP contribution < -0.4 is 0 Å². The van der Waals surface area contributed by atoms with Gasteiger partial charge in [0.2, 0.25) is 0 Å². The Morgan fingerprint density at radius 1 is 0.966 bits per heavy atom. The van der Waals surface area contributed by atoms with Gasteiger partial charge in [-0.25, -0.2) is 0 Å². The summed E-state index contributed by atoms with van der Waals surface area (Å²) < 4.78 is 0. The highest BCUT2D eigenvalue weighted by Crippen LogP contribution is 2.66.